The van der Waals surface area contributed by atoms with Gasteiger partial charge in [-0.3, -0.25) is 4.79 Å². The van der Waals surface area contributed by atoms with Gasteiger partial charge in [0, 0.05) is 23.6 Å². The topological polar surface area (TPSA) is 43.3 Å². The molecule has 0 saturated heterocycles. The van der Waals surface area contributed by atoms with Crippen LogP contribution in [0.5, 0.6) is 5.75 Å². The quantitative estimate of drug-likeness (QED) is 0.799. The molecule has 0 fully saturated rings. The fourth-order valence-electron chi connectivity index (χ4n) is 2.93. The summed E-state index contributed by atoms with van der Waals surface area (Å²) in [6.07, 6.45) is 0.339. The Labute approximate surface area is 135 Å². The molecule has 118 valence electrons. The highest BCUT2D eigenvalue weighted by Gasteiger charge is 2.15. The molecule has 0 atom stereocenters. The van der Waals surface area contributed by atoms with Gasteiger partial charge in [0.2, 0.25) is 5.91 Å². The predicted octanol–water partition coefficient (Wildman–Crippen LogP) is 3.68. The molecule has 1 heterocycles. The van der Waals surface area contributed by atoms with Gasteiger partial charge >= 0.3 is 0 Å². The van der Waals surface area contributed by atoms with E-state index in [9.17, 15) is 4.79 Å². The zero-order valence-electron chi connectivity index (χ0n) is 13.6. The van der Waals surface area contributed by atoms with Crippen LogP contribution in [0.1, 0.15) is 11.3 Å². The highest BCUT2D eigenvalue weighted by molar-refractivity contribution is 5.97. The first-order valence-electron chi connectivity index (χ1n) is 7.57. The summed E-state index contributed by atoms with van der Waals surface area (Å²) in [5.41, 5.74) is 4.01. The number of aryl methyl sites for hydroxylation is 1. The lowest BCUT2D eigenvalue weighted by atomic mass is 10.1. The van der Waals surface area contributed by atoms with E-state index < -0.39 is 0 Å². The number of hydrogen-bond acceptors (Lipinski definition) is 2. The molecule has 3 aromatic rings. The van der Waals surface area contributed by atoms with E-state index in [-0.39, 0.29) is 5.91 Å². The van der Waals surface area contributed by atoms with Gasteiger partial charge in [-0.1, -0.05) is 30.3 Å². The van der Waals surface area contributed by atoms with Gasteiger partial charge in [0.15, 0.2) is 0 Å². The molecule has 0 spiro atoms. The van der Waals surface area contributed by atoms with Crippen molar-refractivity contribution in [1.82, 2.24) is 4.57 Å². The number of benzene rings is 2. The molecule has 1 aromatic heterocycles. The van der Waals surface area contributed by atoms with Gasteiger partial charge in [0.1, 0.15) is 5.75 Å². The summed E-state index contributed by atoms with van der Waals surface area (Å²) < 4.78 is 7.40. The first-order valence-corrected chi connectivity index (χ1v) is 7.57. The first kappa shape index (κ1) is 15.2. The number of carbonyl (C=O) groups excluding carboxylic acids is 1. The van der Waals surface area contributed by atoms with Crippen LogP contribution in [-0.4, -0.2) is 17.6 Å². The highest BCUT2D eigenvalue weighted by Crippen LogP contribution is 2.27. The molecular formula is C19H20N2O2. The van der Waals surface area contributed by atoms with Crippen molar-refractivity contribution in [2.45, 2.75) is 13.3 Å². The summed E-state index contributed by atoms with van der Waals surface area (Å²) in [5.74, 6) is 0.615. The second-order valence-electron chi connectivity index (χ2n) is 5.57. The molecule has 2 aromatic carbocycles. The van der Waals surface area contributed by atoms with Crippen molar-refractivity contribution >= 4 is 22.5 Å². The summed E-state index contributed by atoms with van der Waals surface area (Å²) in [6, 6.07) is 15.6. The van der Waals surface area contributed by atoms with Crippen LogP contribution in [0.3, 0.4) is 0 Å². The van der Waals surface area contributed by atoms with Gasteiger partial charge in [0.05, 0.1) is 19.2 Å². The minimum Gasteiger partial charge on any atom is -0.495 e. The number of nitrogens with zero attached hydrogens (tertiary/aromatic N) is 1. The molecule has 0 bridgehead atoms. The maximum atomic E-state index is 12.5. The van der Waals surface area contributed by atoms with Crippen molar-refractivity contribution in [2.24, 2.45) is 7.05 Å². The number of methoxy groups -OCH3 is 1. The van der Waals surface area contributed by atoms with E-state index in [1.165, 1.54) is 0 Å². The smallest absolute Gasteiger partial charge is 0.228 e. The van der Waals surface area contributed by atoms with Crippen molar-refractivity contribution < 1.29 is 9.53 Å². The molecule has 23 heavy (non-hydrogen) atoms. The maximum Gasteiger partial charge on any atom is 0.228 e. The van der Waals surface area contributed by atoms with E-state index >= 15 is 0 Å². The lowest BCUT2D eigenvalue weighted by molar-refractivity contribution is -0.115. The average Bonchev–Trinajstić information content (AvgIpc) is 2.81. The summed E-state index contributed by atoms with van der Waals surface area (Å²) in [5, 5.41) is 4.07. The fourth-order valence-corrected chi connectivity index (χ4v) is 2.93. The summed E-state index contributed by atoms with van der Waals surface area (Å²) in [6.45, 7) is 2.05. The van der Waals surface area contributed by atoms with Gasteiger partial charge in [-0.25, -0.2) is 0 Å². The normalized spacial score (nSPS) is 10.7. The Morgan fingerprint density at radius 3 is 2.61 bits per heavy atom. The SMILES string of the molecule is COc1ccccc1NC(=O)Cc1c(C)n(C)c2ccccc12. The Morgan fingerprint density at radius 2 is 1.83 bits per heavy atom. The van der Waals surface area contributed by atoms with Crippen LogP contribution in [0.2, 0.25) is 0 Å². The van der Waals surface area contributed by atoms with E-state index in [1.54, 1.807) is 7.11 Å². The lowest BCUT2D eigenvalue weighted by Gasteiger charge is -2.10. The van der Waals surface area contributed by atoms with Crippen LogP contribution in [0.4, 0.5) is 5.69 Å². The Hall–Kier alpha value is -2.75. The van der Waals surface area contributed by atoms with Gasteiger partial charge < -0.3 is 14.6 Å². The van der Waals surface area contributed by atoms with Crippen molar-refractivity contribution in [3.05, 3.63) is 59.8 Å². The number of nitrogens with one attached hydrogen (secondary N) is 1. The summed E-state index contributed by atoms with van der Waals surface area (Å²) in [4.78, 5) is 12.5. The van der Waals surface area contributed by atoms with E-state index in [4.69, 9.17) is 4.74 Å². The standard InChI is InChI=1S/C19H20N2O2/c1-13-15(14-8-4-6-10-17(14)21(13)2)12-19(22)20-16-9-5-7-11-18(16)23-3/h4-11H,12H2,1-3H3,(H,20,22). The first-order chi connectivity index (χ1) is 11.1. The van der Waals surface area contributed by atoms with Gasteiger partial charge in [-0.05, 0) is 30.7 Å². The number of anilines is 1. The van der Waals surface area contributed by atoms with Crippen LogP contribution in [0.25, 0.3) is 10.9 Å². The minimum atomic E-state index is -0.0473. The van der Waals surface area contributed by atoms with E-state index in [0.717, 1.165) is 22.2 Å². The van der Waals surface area contributed by atoms with Crippen LogP contribution in [0.15, 0.2) is 48.5 Å². The minimum absolute atomic E-state index is 0.0473. The van der Waals surface area contributed by atoms with Gasteiger partial charge in [0.25, 0.3) is 0 Å². The Bertz CT molecular complexity index is 865. The maximum absolute atomic E-state index is 12.5. The molecule has 0 aliphatic carbocycles. The molecule has 0 unspecified atom stereocenters. The summed E-state index contributed by atoms with van der Waals surface area (Å²) in [7, 11) is 3.62. The third kappa shape index (κ3) is 2.80. The largest absolute Gasteiger partial charge is 0.495 e. The number of hydrogen-bond donors (Lipinski definition) is 1. The molecule has 3 rings (SSSR count). The number of carbonyl (C=O) groups is 1. The van der Waals surface area contributed by atoms with Gasteiger partial charge in [-0.2, -0.15) is 0 Å². The molecule has 1 amide bonds. The monoisotopic (exact) mass is 308 g/mol. The van der Waals surface area contributed by atoms with Crippen molar-refractivity contribution in [3.63, 3.8) is 0 Å². The molecule has 0 aliphatic rings. The molecule has 0 radical (unpaired) electrons. The molecule has 4 heteroatoms. The summed E-state index contributed by atoms with van der Waals surface area (Å²) >= 11 is 0. The van der Waals surface area contributed by atoms with Crippen LogP contribution in [0, 0.1) is 6.92 Å². The predicted molar refractivity (Wildman–Crippen MR) is 93.0 cm³/mol. The van der Waals surface area contributed by atoms with Crippen LogP contribution < -0.4 is 10.1 Å². The third-order valence-electron chi connectivity index (χ3n) is 4.25. The Morgan fingerprint density at radius 1 is 1.13 bits per heavy atom. The second-order valence-corrected chi connectivity index (χ2v) is 5.57. The second kappa shape index (κ2) is 6.16. The molecule has 0 aliphatic heterocycles. The number of fused-ring (bicyclic) bond motifs is 1. The number of para-hydroxylation sites is 3. The van der Waals surface area contributed by atoms with Gasteiger partial charge in [-0.15, -0.1) is 0 Å². The highest BCUT2D eigenvalue weighted by atomic mass is 16.5. The van der Waals surface area contributed by atoms with E-state index in [0.29, 0.717) is 17.9 Å². The van der Waals surface area contributed by atoms with Crippen molar-refractivity contribution in [3.8, 4) is 5.75 Å². The van der Waals surface area contributed by atoms with Crippen molar-refractivity contribution in [1.29, 1.82) is 0 Å². The zero-order valence-corrected chi connectivity index (χ0v) is 13.6. The fraction of sp³-hybridized carbons (Fsp3) is 0.211. The van der Waals surface area contributed by atoms with E-state index in [1.807, 2.05) is 50.4 Å². The lowest BCUT2D eigenvalue weighted by Crippen LogP contribution is -2.15. The number of amides is 1. The van der Waals surface area contributed by atoms with Crippen LogP contribution in [-0.2, 0) is 18.3 Å². The Kier molecular flexibility index (Phi) is 4.06. The zero-order chi connectivity index (χ0) is 16.4. The van der Waals surface area contributed by atoms with Crippen molar-refractivity contribution in [2.75, 3.05) is 12.4 Å². The third-order valence-corrected chi connectivity index (χ3v) is 4.25. The number of ether oxygens (including phenoxy) is 1. The molecular weight excluding hydrogens is 288 g/mol. The molecule has 1 N–H and O–H groups in total. The number of aromatic nitrogens is 1. The average molecular weight is 308 g/mol. The number of rotatable bonds is 4. The Balaban J connectivity index is 1.88. The van der Waals surface area contributed by atoms with E-state index in [2.05, 4.69) is 22.0 Å². The van der Waals surface area contributed by atoms with Crippen LogP contribution >= 0.6 is 0 Å². The molecule has 4 nitrogen and oxygen atoms in total. The molecule has 0 saturated carbocycles.